The molecule has 0 aliphatic rings. The first-order chi connectivity index (χ1) is 10.8. The van der Waals surface area contributed by atoms with Gasteiger partial charge in [-0.15, -0.1) is 0 Å². The van der Waals surface area contributed by atoms with Crippen molar-refractivity contribution < 1.29 is 9.18 Å². The summed E-state index contributed by atoms with van der Waals surface area (Å²) >= 11 is 0. The van der Waals surface area contributed by atoms with E-state index in [-0.39, 0.29) is 0 Å². The van der Waals surface area contributed by atoms with Gasteiger partial charge in [-0.25, -0.2) is 4.39 Å². The van der Waals surface area contributed by atoms with Gasteiger partial charge in [0.1, 0.15) is 0 Å². The van der Waals surface area contributed by atoms with Gasteiger partial charge in [-0.1, -0.05) is 96.8 Å². The zero-order valence-electron chi connectivity index (χ0n) is 14.7. The van der Waals surface area contributed by atoms with Crippen molar-refractivity contribution in [1.82, 2.24) is 0 Å². The molecule has 1 radical (unpaired) electrons. The number of rotatable bonds is 17. The second kappa shape index (κ2) is 18.4. The molecule has 0 amide bonds. The second-order valence-electron chi connectivity index (χ2n) is 6.39. The summed E-state index contributed by atoms with van der Waals surface area (Å²) in [6, 6.07) is 0. The van der Waals surface area contributed by atoms with Crippen LogP contribution in [0.4, 0.5) is 4.39 Å². The Kier molecular flexibility index (Phi) is 17.8. The average molecular weight is 312 g/mol. The maximum atomic E-state index is 12.5. The lowest BCUT2D eigenvalue weighted by Gasteiger charge is -2.03. The molecule has 0 saturated heterocycles. The van der Waals surface area contributed by atoms with Crippen molar-refractivity contribution in [2.45, 2.75) is 110 Å². The number of hydrogen-bond acceptors (Lipinski definition) is 1. The predicted molar refractivity (Wildman–Crippen MR) is 94.4 cm³/mol. The van der Waals surface area contributed by atoms with E-state index in [1.807, 2.05) is 0 Å². The highest BCUT2D eigenvalue weighted by Gasteiger charge is 1.95. The molecular formula is C20H36FO. The fraction of sp³-hybridized carbons (Fsp3) is 0.850. The van der Waals surface area contributed by atoms with Gasteiger partial charge in [0, 0.05) is 0 Å². The van der Waals surface area contributed by atoms with E-state index in [1.54, 1.807) is 0 Å². The SMILES string of the molecule is CCCCCCCCCCCCCCCCCC=C(F)[C]=O. The average Bonchev–Trinajstić information content (AvgIpc) is 2.54. The molecule has 22 heavy (non-hydrogen) atoms. The summed E-state index contributed by atoms with van der Waals surface area (Å²) in [5.41, 5.74) is 0. The topological polar surface area (TPSA) is 17.1 Å². The van der Waals surface area contributed by atoms with Crippen LogP contribution in [0, 0.1) is 0 Å². The molecule has 0 aromatic heterocycles. The molecule has 0 rings (SSSR count). The van der Waals surface area contributed by atoms with Crippen LogP contribution >= 0.6 is 0 Å². The molecule has 0 spiro atoms. The molecule has 0 saturated carbocycles. The summed E-state index contributed by atoms with van der Waals surface area (Å²) in [5, 5.41) is 0. The molecule has 0 bridgehead atoms. The molecule has 0 atom stereocenters. The maximum absolute atomic E-state index is 12.5. The van der Waals surface area contributed by atoms with Gasteiger partial charge in [0.25, 0.3) is 6.29 Å². The molecule has 2 heteroatoms. The molecule has 0 fully saturated rings. The molecule has 0 aliphatic heterocycles. The monoisotopic (exact) mass is 311 g/mol. The van der Waals surface area contributed by atoms with E-state index in [0.29, 0.717) is 6.42 Å². The van der Waals surface area contributed by atoms with E-state index < -0.39 is 5.83 Å². The third-order valence-electron chi connectivity index (χ3n) is 4.23. The van der Waals surface area contributed by atoms with Crippen molar-refractivity contribution in [3.05, 3.63) is 11.9 Å². The molecule has 0 aromatic carbocycles. The van der Waals surface area contributed by atoms with Crippen LogP contribution < -0.4 is 0 Å². The van der Waals surface area contributed by atoms with Crippen molar-refractivity contribution in [3.63, 3.8) is 0 Å². The summed E-state index contributed by atoms with van der Waals surface area (Å²) in [6.45, 7) is 2.27. The lowest BCUT2D eigenvalue weighted by atomic mass is 10.0. The molecule has 1 nitrogen and oxygen atoms in total. The Balaban J connectivity index is 3.04. The second-order valence-corrected chi connectivity index (χ2v) is 6.39. The zero-order valence-corrected chi connectivity index (χ0v) is 14.7. The van der Waals surface area contributed by atoms with Crippen LogP contribution in [0.2, 0.25) is 0 Å². The summed E-state index contributed by atoms with van der Waals surface area (Å²) < 4.78 is 12.5. The molecule has 0 heterocycles. The van der Waals surface area contributed by atoms with E-state index >= 15 is 0 Å². The molecule has 0 aliphatic carbocycles. The highest BCUT2D eigenvalue weighted by atomic mass is 19.1. The normalized spacial score (nSPS) is 11.8. The van der Waals surface area contributed by atoms with Crippen LogP contribution in [0.3, 0.4) is 0 Å². The minimum Gasteiger partial charge on any atom is -0.282 e. The van der Waals surface area contributed by atoms with E-state index in [1.165, 1.54) is 95.8 Å². The Morgan fingerprint density at radius 1 is 0.727 bits per heavy atom. The molecule has 0 aromatic rings. The molecule has 0 unspecified atom stereocenters. The minimum absolute atomic E-state index is 0.666. The van der Waals surface area contributed by atoms with Crippen molar-refractivity contribution in [1.29, 1.82) is 0 Å². The van der Waals surface area contributed by atoms with Crippen LogP contribution in [0.15, 0.2) is 11.9 Å². The Bertz CT molecular complexity index is 260. The van der Waals surface area contributed by atoms with E-state index in [4.69, 9.17) is 0 Å². The van der Waals surface area contributed by atoms with Gasteiger partial charge in [-0.2, -0.15) is 0 Å². The highest BCUT2D eigenvalue weighted by molar-refractivity contribution is 5.70. The minimum atomic E-state index is -0.745. The number of hydrogen-bond donors (Lipinski definition) is 0. The number of unbranched alkanes of at least 4 members (excludes halogenated alkanes) is 15. The Morgan fingerprint density at radius 2 is 1.09 bits per heavy atom. The van der Waals surface area contributed by atoms with Crippen molar-refractivity contribution in [2.24, 2.45) is 0 Å². The number of halogens is 1. The fourth-order valence-electron chi connectivity index (χ4n) is 2.79. The molecule has 129 valence electrons. The smallest absolute Gasteiger partial charge is 0.263 e. The van der Waals surface area contributed by atoms with Crippen LogP contribution in [0.1, 0.15) is 110 Å². The van der Waals surface area contributed by atoms with Crippen LogP contribution in [0.25, 0.3) is 0 Å². The third kappa shape index (κ3) is 17.4. The Hall–Kier alpha value is -0.660. The summed E-state index contributed by atoms with van der Waals surface area (Å²) in [6.07, 6.45) is 23.3. The highest BCUT2D eigenvalue weighted by Crippen LogP contribution is 2.13. The van der Waals surface area contributed by atoms with Gasteiger partial charge < -0.3 is 0 Å². The number of allylic oxidation sites excluding steroid dienone is 2. The summed E-state index contributed by atoms with van der Waals surface area (Å²) in [4.78, 5) is 9.93. The van der Waals surface area contributed by atoms with Gasteiger partial charge in [0.15, 0.2) is 5.83 Å². The zero-order chi connectivity index (χ0) is 16.3. The fourth-order valence-corrected chi connectivity index (χ4v) is 2.79. The van der Waals surface area contributed by atoms with Gasteiger partial charge in [0.2, 0.25) is 0 Å². The van der Waals surface area contributed by atoms with Gasteiger partial charge in [-0.05, 0) is 18.9 Å². The maximum Gasteiger partial charge on any atom is 0.263 e. The van der Waals surface area contributed by atoms with Crippen molar-refractivity contribution in [3.8, 4) is 0 Å². The van der Waals surface area contributed by atoms with Gasteiger partial charge in [0.05, 0.1) is 0 Å². The predicted octanol–water partition coefficient (Wildman–Crippen LogP) is 7.21. The van der Waals surface area contributed by atoms with Crippen LogP contribution in [0.5, 0.6) is 0 Å². The van der Waals surface area contributed by atoms with E-state index in [0.717, 1.165) is 12.8 Å². The van der Waals surface area contributed by atoms with Crippen molar-refractivity contribution in [2.75, 3.05) is 0 Å². The molecular weight excluding hydrogens is 275 g/mol. The van der Waals surface area contributed by atoms with Crippen molar-refractivity contribution >= 4 is 6.29 Å². The first-order valence-electron chi connectivity index (χ1n) is 9.55. The summed E-state index contributed by atoms with van der Waals surface area (Å²) in [7, 11) is 0. The molecule has 0 N–H and O–H groups in total. The van der Waals surface area contributed by atoms with Gasteiger partial charge >= 0.3 is 0 Å². The van der Waals surface area contributed by atoms with E-state index in [2.05, 4.69) is 6.92 Å². The Labute approximate surface area is 137 Å². The van der Waals surface area contributed by atoms with Crippen LogP contribution in [-0.4, -0.2) is 6.29 Å². The quantitative estimate of drug-likeness (QED) is 0.205. The first-order valence-corrected chi connectivity index (χ1v) is 9.55. The van der Waals surface area contributed by atoms with Gasteiger partial charge in [-0.3, -0.25) is 4.79 Å². The summed E-state index contributed by atoms with van der Waals surface area (Å²) in [5.74, 6) is -0.745. The largest absolute Gasteiger partial charge is 0.282 e. The van der Waals surface area contributed by atoms with E-state index in [9.17, 15) is 9.18 Å². The first kappa shape index (κ1) is 21.3. The Morgan fingerprint density at radius 3 is 1.45 bits per heavy atom. The lowest BCUT2D eigenvalue weighted by Crippen LogP contribution is -1.83. The lowest BCUT2D eigenvalue weighted by molar-refractivity contribution is 0.531. The number of carbonyl (C=O) groups excluding carboxylic acids is 1. The standard InChI is InChI=1S/C20H36FO/c1-2-3-4-5-6-7-8-9-10-11-12-13-14-15-16-17-18-20(21)19-22/h18H,2-17H2,1H3. The van der Waals surface area contributed by atoms with Crippen LogP contribution in [-0.2, 0) is 4.79 Å². The third-order valence-corrected chi connectivity index (χ3v) is 4.23.